The molecule has 27 heavy (non-hydrogen) atoms. The Morgan fingerprint density at radius 3 is 2.93 bits per heavy atom. The highest BCUT2D eigenvalue weighted by molar-refractivity contribution is 5.94. The Kier molecular flexibility index (Phi) is 5.65. The number of hydrogen-bond acceptors (Lipinski definition) is 6. The first-order chi connectivity index (χ1) is 13.0. The maximum Gasteiger partial charge on any atom is 0.273 e. The molecular weight excluding hydrogens is 348 g/mol. The summed E-state index contributed by atoms with van der Waals surface area (Å²) in [4.78, 5) is 27.7. The fourth-order valence-electron chi connectivity index (χ4n) is 2.48. The van der Waals surface area contributed by atoms with E-state index in [1.807, 2.05) is 38.1 Å². The van der Waals surface area contributed by atoms with E-state index in [1.54, 1.807) is 12.4 Å². The minimum atomic E-state index is -0.486. The van der Waals surface area contributed by atoms with Crippen molar-refractivity contribution in [3.8, 4) is 5.75 Å². The van der Waals surface area contributed by atoms with Crippen molar-refractivity contribution < 1.29 is 18.8 Å². The van der Waals surface area contributed by atoms with Gasteiger partial charge in [-0.3, -0.25) is 14.6 Å². The van der Waals surface area contributed by atoms with E-state index in [0.717, 1.165) is 10.8 Å². The average Bonchev–Trinajstić information content (AvgIpc) is 3.13. The molecule has 140 valence electrons. The van der Waals surface area contributed by atoms with Crippen LogP contribution in [-0.2, 0) is 11.4 Å². The molecule has 8 nitrogen and oxygen atoms in total. The molecule has 0 aliphatic heterocycles. The SMILES string of the molecule is CC(C)NC(=O)CNC(=O)c1cc(COc2cccc3cnccc23)on1. The average molecular weight is 368 g/mol. The van der Waals surface area contributed by atoms with Crippen LogP contribution in [0.25, 0.3) is 10.8 Å². The van der Waals surface area contributed by atoms with E-state index in [-0.39, 0.29) is 30.8 Å². The second kappa shape index (κ2) is 8.31. The van der Waals surface area contributed by atoms with Crippen molar-refractivity contribution in [3.05, 3.63) is 54.2 Å². The van der Waals surface area contributed by atoms with Crippen LogP contribution in [0.1, 0.15) is 30.1 Å². The number of ether oxygens (including phenoxy) is 1. The number of nitrogens with zero attached hydrogens (tertiary/aromatic N) is 2. The van der Waals surface area contributed by atoms with Crippen LogP contribution in [0.15, 0.2) is 47.2 Å². The number of aromatic nitrogens is 2. The molecule has 2 heterocycles. The molecule has 0 bridgehead atoms. The Balaban J connectivity index is 1.57. The fourth-order valence-corrected chi connectivity index (χ4v) is 2.48. The summed E-state index contributed by atoms with van der Waals surface area (Å²) in [5.41, 5.74) is 0.0908. The van der Waals surface area contributed by atoms with Crippen molar-refractivity contribution in [2.24, 2.45) is 0 Å². The molecule has 2 N–H and O–H groups in total. The highest BCUT2D eigenvalue weighted by atomic mass is 16.5. The van der Waals surface area contributed by atoms with Crippen LogP contribution in [0.2, 0.25) is 0 Å². The third-order valence-corrected chi connectivity index (χ3v) is 3.66. The van der Waals surface area contributed by atoms with Gasteiger partial charge in [-0.25, -0.2) is 0 Å². The van der Waals surface area contributed by atoms with Crippen molar-refractivity contribution in [2.75, 3.05) is 6.54 Å². The summed E-state index contributed by atoms with van der Waals surface area (Å²) in [6.07, 6.45) is 3.45. The van der Waals surface area contributed by atoms with Crippen molar-refractivity contribution in [2.45, 2.75) is 26.5 Å². The lowest BCUT2D eigenvalue weighted by atomic mass is 10.1. The van der Waals surface area contributed by atoms with E-state index in [4.69, 9.17) is 9.26 Å². The summed E-state index contributed by atoms with van der Waals surface area (Å²) in [5, 5.41) is 10.8. The largest absolute Gasteiger partial charge is 0.485 e. The summed E-state index contributed by atoms with van der Waals surface area (Å²) in [5.74, 6) is 0.330. The number of hydrogen-bond donors (Lipinski definition) is 2. The van der Waals surface area contributed by atoms with E-state index < -0.39 is 5.91 Å². The minimum absolute atomic E-state index is 0.00931. The van der Waals surface area contributed by atoms with Gasteiger partial charge in [0.1, 0.15) is 12.4 Å². The zero-order valence-corrected chi connectivity index (χ0v) is 15.1. The summed E-state index contributed by atoms with van der Waals surface area (Å²) in [6.45, 7) is 3.68. The second-order valence-electron chi connectivity index (χ2n) is 6.22. The monoisotopic (exact) mass is 368 g/mol. The Morgan fingerprint density at radius 2 is 2.11 bits per heavy atom. The molecule has 0 aliphatic rings. The van der Waals surface area contributed by atoms with Crippen molar-refractivity contribution in [1.29, 1.82) is 0 Å². The van der Waals surface area contributed by atoms with E-state index in [0.29, 0.717) is 11.5 Å². The molecule has 1 aromatic carbocycles. The van der Waals surface area contributed by atoms with Gasteiger partial charge in [0.25, 0.3) is 5.91 Å². The molecule has 0 saturated heterocycles. The van der Waals surface area contributed by atoms with E-state index in [1.165, 1.54) is 6.07 Å². The molecule has 2 amide bonds. The molecule has 3 rings (SSSR count). The quantitative estimate of drug-likeness (QED) is 0.661. The zero-order valence-electron chi connectivity index (χ0n) is 15.1. The smallest absolute Gasteiger partial charge is 0.273 e. The van der Waals surface area contributed by atoms with Crippen LogP contribution in [0.3, 0.4) is 0 Å². The van der Waals surface area contributed by atoms with E-state index in [9.17, 15) is 9.59 Å². The van der Waals surface area contributed by atoms with E-state index in [2.05, 4.69) is 20.8 Å². The molecule has 0 aliphatic carbocycles. The van der Waals surface area contributed by atoms with Gasteiger partial charge in [-0.2, -0.15) is 0 Å². The summed E-state index contributed by atoms with van der Waals surface area (Å²) in [7, 11) is 0. The second-order valence-corrected chi connectivity index (χ2v) is 6.22. The van der Waals surface area contributed by atoms with Gasteiger partial charge in [-0.05, 0) is 26.0 Å². The van der Waals surface area contributed by atoms with Crippen LogP contribution in [0, 0.1) is 0 Å². The van der Waals surface area contributed by atoms with Crippen molar-refractivity contribution in [3.63, 3.8) is 0 Å². The van der Waals surface area contributed by atoms with Crippen LogP contribution < -0.4 is 15.4 Å². The molecule has 0 radical (unpaired) electrons. The van der Waals surface area contributed by atoms with E-state index >= 15 is 0 Å². The first-order valence-electron chi connectivity index (χ1n) is 8.51. The number of fused-ring (bicyclic) bond motifs is 1. The highest BCUT2D eigenvalue weighted by Gasteiger charge is 2.14. The van der Waals surface area contributed by atoms with Gasteiger partial charge >= 0.3 is 0 Å². The predicted molar refractivity (Wildman–Crippen MR) is 98.2 cm³/mol. The lowest BCUT2D eigenvalue weighted by Gasteiger charge is -2.08. The maximum absolute atomic E-state index is 12.0. The Morgan fingerprint density at radius 1 is 1.26 bits per heavy atom. The van der Waals surface area contributed by atoms with Gasteiger partial charge in [-0.1, -0.05) is 17.3 Å². The number of nitrogens with one attached hydrogen (secondary N) is 2. The first-order valence-corrected chi connectivity index (χ1v) is 8.51. The molecule has 2 aromatic heterocycles. The standard InChI is InChI=1S/C19H20N4O4/c1-12(2)22-18(24)10-21-19(25)16-8-14(27-23-16)11-26-17-5-3-4-13-9-20-7-6-15(13)17/h3-9,12H,10-11H2,1-2H3,(H,21,25)(H,22,24). The number of amides is 2. The highest BCUT2D eigenvalue weighted by Crippen LogP contribution is 2.25. The zero-order chi connectivity index (χ0) is 19.2. The molecule has 3 aromatic rings. The number of rotatable bonds is 7. The Hall–Kier alpha value is -3.42. The number of carbonyl (C=O) groups is 2. The molecular formula is C19H20N4O4. The van der Waals surface area contributed by atoms with Crippen molar-refractivity contribution >= 4 is 22.6 Å². The third-order valence-electron chi connectivity index (χ3n) is 3.66. The van der Waals surface area contributed by atoms with Gasteiger partial charge in [0, 0.05) is 35.3 Å². The lowest BCUT2D eigenvalue weighted by molar-refractivity contribution is -0.120. The molecule has 0 unspecified atom stereocenters. The van der Waals surface area contributed by atoms with Crippen LogP contribution in [0.4, 0.5) is 0 Å². The van der Waals surface area contributed by atoms with Crippen LogP contribution in [-0.4, -0.2) is 34.5 Å². The van der Waals surface area contributed by atoms with Gasteiger partial charge in [0.15, 0.2) is 11.5 Å². The molecule has 0 saturated carbocycles. The van der Waals surface area contributed by atoms with Gasteiger partial charge in [0.05, 0.1) is 6.54 Å². The molecule has 0 fully saturated rings. The van der Waals surface area contributed by atoms with Crippen LogP contribution in [0.5, 0.6) is 5.75 Å². The predicted octanol–water partition coefficient (Wildman–Crippen LogP) is 2.06. The summed E-state index contributed by atoms with van der Waals surface area (Å²) >= 11 is 0. The molecule has 0 spiro atoms. The maximum atomic E-state index is 12.0. The third kappa shape index (κ3) is 4.81. The lowest BCUT2D eigenvalue weighted by Crippen LogP contribution is -2.39. The normalized spacial score (nSPS) is 10.8. The van der Waals surface area contributed by atoms with Crippen LogP contribution >= 0.6 is 0 Å². The molecule has 8 heteroatoms. The van der Waals surface area contributed by atoms with Gasteiger partial charge in [-0.15, -0.1) is 0 Å². The Bertz CT molecular complexity index is 946. The Labute approximate surface area is 155 Å². The number of benzene rings is 1. The fraction of sp³-hybridized carbons (Fsp3) is 0.263. The first kappa shape index (κ1) is 18.4. The molecule has 0 atom stereocenters. The topological polar surface area (TPSA) is 106 Å². The van der Waals surface area contributed by atoms with Gasteiger partial charge < -0.3 is 19.9 Å². The van der Waals surface area contributed by atoms with Crippen molar-refractivity contribution in [1.82, 2.24) is 20.8 Å². The minimum Gasteiger partial charge on any atom is -0.485 e. The van der Waals surface area contributed by atoms with Gasteiger partial charge in [0.2, 0.25) is 5.91 Å². The summed E-state index contributed by atoms with van der Waals surface area (Å²) in [6, 6.07) is 9.03. The number of carbonyl (C=O) groups excluding carboxylic acids is 2. The summed E-state index contributed by atoms with van der Waals surface area (Å²) < 4.78 is 10.9. The number of pyridine rings is 1.